The van der Waals surface area contributed by atoms with E-state index >= 15 is 0 Å². The molecule has 2 heteroatoms. The highest BCUT2D eigenvalue weighted by Gasteiger charge is 2.08. The SMILES string of the molecule is CCCCCCCCCCCC(=O)N[C@H](C)c1ccccc1. The molecule has 0 unspecified atom stereocenters. The van der Waals surface area contributed by atoms with E-state index in [9.17, 15) is 4.79 Å². The minimum atomic E-state index is 0.104. The number of carbonyl (C=O) groups is 1. The highest BCUT2D eigenvalue weighted by atomic mass is 16.1. The first-order chi connectivity index (χ1) is 10.7. The van der Waals surface area contributed by atoms with Crippen molar-refractivity contribution in [2.24, 2.45) is 0 Å². The van der Waals surface area contributed by atoms with Crippen LogP contribution in [-0.4, -0.2) is 5.91 Å². The smallest absolute Gasteiger partial charge is 0.220 e. The zero-order chi connectivity index (χ0) is 16.0. The molecule has 0 saturated heterocycles. The van der Waals surface area contributed by atoms with Gasteiger partial charge in [0.15, 0.2) is 0 Å². The summed E-state index contributed by atoms with van der Waals surface area (Å²) in [5, 5.41) is 3.08. The fourth-order valence-corrected chi connectivity index (χ4v) is 2.73. The third kappa shape index (κ3) is 8.86. The third-order valence-corrected chi connectivity index (χ3v) is 4.18. The lowest BCUT2D eigenvalue weighted by atomic mass is 10.1. The van der Waals surface area contributed by atoms with Crippen LogP contribution in [0.25, 0.3) is 0 Å². The fraction of sp³-hybridized carbons (Fsp3) is 0.650. The van der Waals surface area contributed by atoms with E-state index in [2.05, 4.69) is 24.4 Å². The lowest BCUT2D eigenvalue weighted by Crippen LogP contribution is -2.26. The summed E-state index contributed by atoms with van der Waals surface area (Å²) in [6, 6.07) is 10.2. The summed E-state index contributed by atoms with van der Waals surface area (Å²) in [6.07, 6.45) is 12.3. The van der Waals surface area contributed by atoms with Crippen molar-refractivity contribution in [1.82, 2.24) is 5.32 Å². The van der Waals surface area contributed by atoms with Gasteiger partial charge in [0, 0.05) is 6.42 Å². The van der Waals surface area contributed by atoms with E-state index in [0.717, 1.165) is 6.42 Å². The molecule has 1 rings (SSSR count). The van der Waals surface area contributed by atoms with Gasteiger partial charge in [0.05, 0.1) is 6.04 Å². The molecule has 0 aliphatic carbocycles. The van der Waals surface area contributed by atoms with Crippen LogP contribution in [0, 0.1) is 0 Å². The number of hydrogen-bond acceptors (Lipinski definition) is 1. The number of rotatable bonds is 12. The lowest BCUT2D eigenvalue weighted by molar-refractivity contribution is -0.121. The first-order valence-electron chi connectivity index (χ1n) is 9.08. The highest BCUT2D eigenvalue weighted by molar-refractivity contribution is 5.76. The molecule has 0 aliphatic rings. The quantitative estimate of drug-likeness (QED) is 0.487. The van der Waals surface area contributed by atoms with Crippen molar-refractivity contribution in [3.63, 3.8) is 0 Å². The van der Waals surface area contributed by atoms with Crippen LogP contribution in [0.3, 0.4) is 0 Å². The maximum Gasteiger partial charge on any atom is 0.220 e. The van der Waals surface area contributed by atoms with Crippen LogP contribution in [0.4, 0.5) is 0 Å². The number of unbranched alkanes of at least 4 members (excludes halogenated alkanes) is 8. The van der Waals surface area contributed by atoms with Gasteiger partial charge < -0.3 is 5.32 Å². The zero-order valence-electron chi connectivity index (χ0n) is 14.4. The van der Waals surface area contributed by atoms with Gasteiger partial charge >= 0.3 is 0 Å². The summed E-state index contributed by atoms with van der Waals surface area (Å²) in [7, 11) is 0. The predicted molar refractivity (Wildman–Crippen MR) is 94.8 cm³/mol. The maximum atomic E-state index is 11.9. The molecule has 1 amide bonds. The minimum absolute atomic E-state index is 0.104. The van der Waals surface area contributed by atoms with Gasteiger partial charge in [-0.15, -0.1) is 0 Å². The van der Waals surface area contributed by atoms with E-state index < -0.39 is 0 Å². The number of amides is 1. The molecule has 0 aliphatic heterocycles. The topological polar surface area (TPSA) is 29.1 Å². The van der Waals surface area contributed by atoms with Gasteiger partial charge in [-0.05, 0) is 18.9 Å². The molecule has 1 atom stereocenters. The van der Waals surface area contributed by atoms with Crippen LogP contribution in [0.1, 0.15) is 89.7 Å². The Morgan fingerprint density at radius 2 is 1.45 bits per heavy atom. The molecule has 2 nitrogen and oxygen atoms in total. The summed E-state index contributed by atoms with van der Waals surface area (Å²) in [6.45, 7) is 4.30. The van der Waals surface area contributed by atoms with Gasteiger partial charge in [0.25, 0.3) is 0 Å². The first kappa shape index (κ1) is 18.7. The molecule has 0 aromatic heterocycles. The summed E-state index contributed by atoms with van der Waals surface area (Å²) in [5.74, 6) is 0.180. The number of nitrogens with one attached hydrogen (secondary N) is 1. The molecular formula is C20H33NO. The lowest BCUT2D eigenvalue weighted by Gasteiger charge is -2.14. The molecule has 0 radical (unpaired) electrons. The monoisotopic (exact) mass is 303 g/mol. The summed E-state index contributed by atoms with van der Waals surface area (Å²) in [4.78, 5) is 11.9. The van der Waals surface area contributed by atoms with Crippen molar-refractivity contribution >= 4 is 5.91 Å². The van der Waals surface area contributed by atoms with Crippen molar-refractivity contribution in [3.8, 4) is 0 Å². The molecular weight excluding hydrogens is 270 g/mol. The third-order valence-electron chi connectivity index (χ3n) is 4.18. The van der Waals surface area contributed by atoms with E-state index in [4.69, 9.17) is 0 Å². The fourth-order valence-electron chi connectivity index (χ4n) is 2.73. The van der Waals surface area contributed by atoms with Crippen LogP contribution in [0.15, 0.2) is 30.3 Å². The first-order valence-corrected chi connectivity index (χ1v) is 9.08. The van der Waals surface area contributed by atoms with E-state index in [1.807, 2.05) is 25.1 Å². The van der Waals surface area contributed by atoms with Gasteiger partial charge in [0.2, 0.25) is 5.91 Å². The molecule has 0 bridgehead atoms. The van der Waals surface area contributed by atoms with E-state index in [1.165, 1.54) is 56.9 Å². The summed E-state index contributed by atoms with van der Waals surface area (Å²) in [5.41, 5.74) is 1.17. The Balaban J connectivity index is 2.00. The zero-order valence-corrected chi connectivity index (χ0v) is 14.4. The van der Waals surface area contributed by atoms with Gasteiger partial charge in [-0.25, -0.2) is 0 Å². The number of carbonyl (C=O) groups excluding carboxylic acids is 1. The Morgan fingerprint density at radius 3 is 2.05 bits per heavy atom. The molecule has 1 N–H and O–H groups in total. The van der Waals surface area contributed by atoms with Crippen LogP contribution in [0.2, 0.25) is 0 Å². The van der Waals surface area contributed by atoms with Crippen LogP contribution < -0.4 is 5.32 Å². The average molecular weight is 303 g/mol. The molecule has 1 aromatic rings. The van der Waals surface area contributed by atoms with Crippen molar-refractivity contribution in [2.45, 2.75) is 84.1 Å². The predicted octanol–water partition coefficient (Wildman–Crippen LogP) is 5.78. The Bertz CT molecular complexity index is 388. The second-order valence-electron chi connectivity index (χ2n) is 6.28. The van der Waals surface area contributed by atoms with Crippen LogP contribution in [0.5, 0.6) is 0 Å². The summed E-state index contributed by atoms with van der Waals surface area (Å²) < 4.78 is 0. The molecule has 124 valence electrons. The van der Waals surface area contributed by atoms with Crippen LogP contribution >= 0.6 is 0 Å². The second kappa shape index (κ2) is 12.3. The number of hydrogen-bond donors (Lipinski definition) is 1. The number of benzene rings is 1. The minimum Gasteiger partial charge on any atom is -0.350 e. The Labute approximate surface area is 136 Å². The summed E-state index contributed by atoms with van der Waals surface area (Å²) >= 11 is 0. The van der Waals surface area contributed by atoms with Crippen molar-refractivity contribution < 1.29 is 4.79 Å². The normalized spacial score (nSPS) is 12.1. The maximum absolute atomic E-state index is 11.9. The molecule has 0 heterocycles. The van der Waals surface area contributed by atoms with Crippen LogP contribution in [-0.2, 0) is 4.79 Å². The molecule has 1 aromatic carbocycles. The van der Waals surface area contributed by atoms with Gasteiger partial charge in [0.1, 0.15) is 0 Å². The molecule has 0 saturated carbocycles. The standard InChI is InChI=1S/C20H33NO/c1-3-4-5-6-7-8-9-10-14-17-20(22)21-18(2)19-15-12-11-13-16-19/h11-13,15-16,18H,3-10,14,17H2,1-2H3,(H,21,22)/t18-/m1/s1. The van der Waals surface area contributed by atoms with E-state index in [0.29, 0.717) is 6.42 Å². The molecule has 0 spiro atoms. The Kier molecular flexibility index (Phi) is 10.4. The largest absolute Gasteiger partial charge is 0.350 e. The molecule has 22 heavy (non-hydrogen) atoms. The van der Waals surface area contributed by atoms with Gasteiger partial charge in [-0.1, -0.05) is 88.6 Å². The Hall–Kier alpha value is -1.31. The van der Waals surface area contributed by atoms with E-state index in [1.54, 1.807) is 0 Å². The van der Waals surface area contributed by atoms with E-state index in [-0.39, 0.29) is 11.9 Å². The van der Waals surface area contributed by atoms with Crippen molar-refractivity contribution in [3.05, 3.63) is 35.9 Å². The Morgan fingerprint density at radius 1 is 0.909 bits per heavy atom. The van der Waals surface area contributed by atoms with Crippen molar-refractivity contribution in [1.29, 1.82) is 0 Å². The van der Waals surface area contributed by atoms with Gasteiger partial charge in [-0.2, -0.15) is 0 Å². The second-order valence-corrected chi connectivity index (χ2v) is 6.28. The van der Waals surface area contributed by atoms with Crippen molar-refractivity contribution in [2.75, 3.05) is 0 Å². The highest BCUT2D eigenvalue weighted by Crippen LogP contribution is 2.13. The molecule has 0 fully saturated rings. The average Bonchev–Trinajstić information content (AvgIpc) is 2.54. The van der Waals surface area contributed by atoms with Gasteiger partial charge in [-0.3, -0.25) is 4.79 Å².